The van der Waals surface area contributed by atoms with Crippen molar-refractivity contribution in [1.82, 2.24) is 0 Å². The smallest absolute Gasteiger partial charge is 0.331 e. The van der Waals surface area contributed by atoms with Crippen molar-refractivity contribution >= 4 is 28.4 Å². The quantitative estimate of drug-likeness (QED) is 0.274. The van der Waals surface area contributed by atoms with E-state index in [0.29, 0.717) is 5.71 Å². The molecule has 0 aliphatic carbocycles. The number of nitrogens with zero attached hydrogens (tertiary/aromatic N) is 1. The highest BCUT2D eigenvalue weighted by molar-refractivity contribution is 7.98. The van der Waals surface area contributed by atoms with Crippen molar-refractivity contribution in [2.24, 2.45) is 5.16 Å². The van der Waals surface area contributed by atoms with E-state index in [1.165, 1.54) is 6.92 Å². The van der Waals surface area contributed by atoms with Gasteiger partial charge in [0, 0.05) is 6.92 Å². The molecule has 1 rings (SSSR count). The summed E-state index contributed by atoms with van der Waals surface area (Å²) in [5.74, 6) is 0.285. The van der Waals surface area contributed by atoms with Gasteiger partial charge in [0.2, 0.25) is 0 Å². The van der Waals surface area contributed by atoms with Gasteiger partial charge < -0.3 is 14.7 Å². The predicted molar refractivity (Wildman–Crippen MR) is 77.2 cm³/mol. The van der Waals surface area contributed by atoms with Crippen LogP contribution in [0.15, 0.2) is 34.3 Å². The molecule has 1 N–H and O–H groups in total. The minimum absolute atomic E-state index is 0.000410. The topological polar surface area (TPSA) is 68.1 Å². The molecule has 0 heterocycles. The Morgan fingerprint density at radius 3 is 2.63 bits per heavy atom. The standard InChI is InChI=1S/C13H17NO4S/c1-10(14-18-11(2)16)9-19-13-5-3-12(4-6-13)17-8-7-15/h3-6,9,15,19H,7-8H2,1-2H3. The van der Waals surface area contributed by atoms with Crippen LogP contribution >= 0.6 is 11.4 Å². The number of benzene rings is 1. The third kappa shape index (κ3) is 6.73. The zero-order chi connectivity index (χ0) is 14.1. The summed E-state index contributed by atoms with van der Waals surface area (Å²) in [6, 6.07) is 7.52. The van der Waals surface area contributed by atoms with Gasteiger partial charge in [-0.15, -0.1) is 0 Å². The average Bonchev–Trinajstić information content (AvgIpc) is 2.41. The molecule has 5 nitrogen and oxygen atoms in total. The van der Waals surface area contributed by atoms with Crippen molar-refractivity contribution in [3.05, 3.63) is 24.3 Å². The minimum Gasteiger partial charge on any atom is -0.491 e. The Labute approximate surface area is 115 Å². The first kappa shape index (κ1) is 15.4. The highest BCUT2D eigenvalue weighted by atomic mass is 32.1. The molecule has 0 bridgehead atoms. The van der Waals surface area contributed by atoms with Crippen molar-refractivity contribution < 1.29 is 19.5 Å². The molecule has 0 radical (unpaired) electrons. The van der Waals surface area contributed by atoms with Crippen LogP contribution in [0.1, 0.15) is 13.8 Å². The Kier molecular flexibility index (Phi) is 6.84. The fourth-order valence-electron chi connectivity index (χ4n) is 1.12. The molecule has 0 aromatic heterocycles. The lowest BCUT2D eigenvalue weighted by molar-refractivity contribution is -0.140. The van der Waals surface area contributed by atoms with E-state index in [4.69, 9.17) is 9.84 Å². The largest absolute Gasteiger partial charge is 0.491 e. The van der Waals surface area contributed by atoms with Crippen LogP contribution in [0.2, 0.25) is 0 Å². The minimum atomic E-state index is -0.435. The molecule has 0 fully saturated rings. The van der Waals surface area contributed by atoms with Gasteiger partial charge in [-0.2, -0.15) is 11.4 Å². The van der Waals surface area contributed by atoms with Gasteiger partial charge in [-0.3, -0.25) is 0 Å². The fraction of sp³-hybridized carbons (Fsp3) is 0.308. The third-order valence-electron chi connectivity index (χ3n) is 1.92. The fourth-order valence-corrected chi connectivity index (χ4v) is 1.82. The van der Waals surface area contributed by atoms with Gasteiger partial charge in [0.05, 0.1) is 12.3 Å². The Morgan fingerprint density at radius 2 is 2.05 bits per heavy atom. The number of carbonyl (C=O) groups is 1. The lowest BCUT2D eigenvalue weighted by Crippen LogP contribution is -2.01. The molecule has 0 amide bonds. The SMILES string of the molecule is CC(=O)ON=C(C)C=[SH]c1ccc(OCCO)cc1. The second kappa shape index (κ2) is 8.44. The number of hydrogen-bond acceptors (Lipinski definition) is 5. The summed E-state index contributed by atoms with van der Waals surface area (Å²) < 4.78 is 5.26. The molecular weight excluding hydrogens is 266 g/mol. The van der Waals surface area contributed by atoms with Crippen LogP contribution in [0.25, 0.3) is 0 Å². The Morgan fingerprint density at radius 1 is 1.37 bits per heavy atom. The van der Waals surface area contributed by atoms with Gasteiger partial charge in [-0.1, -0.05) is 5.16 Å². The van der Waals surface area contributed by atoms with E-state index in [9.17, 15) is 4.79 Å². The first-order chi connectivity index (χ1) is 9.11. The van der Waals surface area contributed by atoms with Crippen LogP contribution in [0.3, 0.4) is 0 Å². The summed E-state index contributed by atoms with van der Waals surface area (Å²) in [5.41, 5.74) is 0.637. The van der Waals surface area contributed by atoms with Crippen LogP contribution in [0.5, 0.6) is 5.75 Å². The van der Waals surface area contributed by atoms with Gasteiger partial charge in [0.25, 0.3) is 0 Å². The molecule has 0 saturated heterocycles. The number of rotatable bonds is 6. The number of thiol groups is 1. The second-order valence-electron chi connectivity index (χ2n) is 3.64. The van der Waals surface area contributed by atoms with E-state index in [1.54, 1.807) is 6.92 Å². The van der Waals surface area contributed by atoms with E-state index in [2.05, 4.69) is 9.99 Å². The van der Waals surface area contributed by atoms with E-state index in [0.717, 1.165) is 22.0 Å². The number of hydrogen-bond donors (Lipinski definition) is 2. The second-order valence-corrected chi connectivity index (χ2v) is 4.67. The third-order valence-corrected chi connectivity index (χ3v) is 3.01. The molecule has 19 heavy (non-hydrogen) atoms. The normalized spacial score (nSPS) is 12.1. The van der Waals surface area contributed by atoms with Crippen molar-refractivity contribution in [2.75, 3.05) is 13.2 Å². The maximum atomic E-state index is 10.6. The Bertz CT molecular complexity index is 468. The van der Waals surface area contributed by atoms with Crippen LogP contribution in [-0.4, -0.2) is 35.4 Å². The van der Waals surface area contributed by atoms with Gasteiger partial charge in [-0.05, 0) is 41.5 Å². The van der Waals surface area contributed by atoms with Crippen LogP contribution < -0.4 is 4.74 Å². The summed E-state index contributed by atoms with van der Waals surface area (Å²) in [7, 11) is 0. The van der Waals surface area contributed by atoms with Crippen LogP contribution in [0.4, 0.5) is 0 Å². The summed E-state index contributed by atoms with van der Waals surface area (Å²) in [4.78, 5) is 16.2. The molecule has 0 atom stereocenters. The monoisotopic (exact) mass is 283 g/mol. The van der Waals surface area contributed by atoms with Crippen LogP contribution in [-0.2, 0) is 9.63 Å². The molecule has 104 valence electrons. The zero-order valence-electron chi connectivity index (χ0n) is 10.9. The van der Waals surface area contributed by atoms with Gasteiger partial charge in [0.15, 0.2) is 0 Å². The molecule has 0 aliphatic heterocycles. The maximum absolute atomic E-state index is 10.6. The first-order valence-electron chi connectivity index (χ1n) is 5.72. The van der Waals surface area contributed by atoms with E-state index < -0.39 is 5.97 Å². The molecule has 0 saturated carbocycles. The summed E-state index contributed by atoms with van der Waals surface area (Å²) in [6.07, 6.45) is 0. The summed E-state index contributed by atoms with van der Waals surface area (Å²) in [6.45, 7) is 3.35. The first-order valence-corrected chi connectivity index (χ1v) is 6.68. The number of oxime groups is 1. The average molecular weight is 283 g/mol. The predicted octanol–water partition coefficient (Wildman–Crippen LogP) is 1.62. The van der Waals surface area contributed by atoms with Crippen LogP contribution in [0, 0.1) is 0 Å². The van der Waals surface area contributed by atoms with Crippen molar-refractivity contribution in [3.63, 3.8) is 0 Å². The number of carbonyl (C=O) groups excluding carboxylic acids is 1. The lowest BCUT2D eigenvalue weighted by Gasteiger charge is -2.03. The number of aliphatic hydroxyl groups is 1. The molecule has 0 spiro atoms. The lowest BCUT2D eigenvalue weighted by atomic mass is 10.3. The highest BCUT2D eigenvalue weighted by Gasteiger charge is 1.93. The molecular formula is C13H17NO4S. The van der Waals surface area contributed by atoms with Gasteiger partial charge in [0.1, 0.15) is 12.4 Å². The molecule has 6 heteroatoms. The molecule has 0 unspecified atom stereocenters. The molecule has 1 aromatic carbocycles. The maximum Gasteiger partial charge on any atom is 0.331 e. The van der Waals surface area contributed by atoms with Crippen molar-refractivity contribution in [1.29, 1.82) is 0 Å². The van der Waals surface area contributed by atoms with E-state index in [-0.39, 0.29) is 13.2 Å². The van der Waals surface area contributed by atoms with Gasteiger partial charge in [-0.25, -0.2) is 4.79 Å². The molecule has 0 aliphatic rings. The summed E-state index contributed by atoms with van der Waals surface area (Å²) in [5, 5.41) is 14.1. The van der Waals surface area contributed by atoms with Gasteiger partial charge >= 0.3 is 5.97 Å². The van der Waals surface area contributed by atoms with E-state index >= 15 is 0 Å². The number of ether oxygens (including phenoxy) is 1. The van der Waals surface area contributed by atoms with E-state index in [1.807, 2.05) is 29.6 Å². The highest BCUT2D eigenvalue weighted by Crippen LogP contribution is 2.16. The van der Waals surface area contributed by atoms with Crippen molar-refractivity contribution in [2.45, 2.75) is 18.7 Å². The Hall–Kier alpha value is -1.66. The summed E-state index contributed by atoms with van der Waals surface area (Å²) >= 11 is 0.948. The molecule has 1 aromatic rings. The van der Waals surface area contributed by atoms with Crippen molar-refractivity contribution in [3.8, 4) is 5.75 Å². The number of aliphatic hydroxyl groups excluding tert-OH is 1. The Balaban J connectivity index is 2.57. The zero-order valence-corrected chi connectivity index (χ0v) is 11.8.